The third-order valence-electron chi connectivity index (χ3n) is 0.590. The number of carbonyl (C=O) groups is 1. The molecule has 0 saturated carbocycles. The Hall–Kier alpha value is -0.960. The Morgan fingerprint density at radius 3 is 2.33 bits per heavy atom. The van der Waals surface area contributed by atoms with Crippen molar-refractivity contribution in [2.75, 3.05) is 0 Å². The Morgan fingerprint density at radius 2 is 2.22 bits per heavy atom. The summed E-state index contributed by atoms with van der Waals surface area (Å²) in [5.41, 5.74) is 0. The highest BCUT2D eigenvalue weighted by molar-refractivity contribution is 6.32. The van der Waals surface area contributed by atoms with Crippen LogP contribution in [0.5, 0.6) is 0 Å². The molecule has 0 heterocycles. The van der Waals surface area contributed by atoms with Crippen molar-refractivity contribution < 1.29 is 15.0 Å². The second kappa shape index (κ2) is 3.14. The first-order valence-electron chi connectivity index (χ1n) is 2.02. The highest BCUT2D eigenvalue weighted by atomic mass is 35.5. The number of hydrogen-bond donors (Lipinski definition) is 1. The molecule has 0 atom stereocenters. The van der Waals surface area contributed by atoms with Gasteiger partial charge in [0.05, 0.1) is 0 Å². The molecule has 0 aromatic carbocycles. The fourth-order valence-corrected chi connectivity index (χ4v) is 0.276. The summed E-state index contributed by atoms with van der Waals surface area (Å²) < 4.78 is 0. The number of carboxylic acids is 1. The van der Waals surface area contributed by atoms with Crippen LogP contribution in [0.2, 0.25) is 0 Å². The fourth-order valence-electron chi connectivity index (χ4n) is 0.195. The smallest absolute Gasteiger partial charge is 0.321 e. The van der Waals surface area contributed by atoms with Gasteiger partial charge in [0.1, 0.15) is 0 Å². The molecule has 0 fully saturated rings. The quantitative estimate of drug-likeness (QED) is 0.342. The zero-order valence-electron chi connectivity index (χ0n) is 4.43. The van der Waals surface area contributed by atoms with E-state index in [0.29, 0.717) is 0 Å². The van der Waals surface area contributed by atoms with Crippen molar-refractivity contribution in [3.8, 4) is 0 Å². The summed E-state index contributed by atoms with van der Waals surface area (Å²) >= 11 is 5.08. The first kappa shape index (κ1) is 8.04. The van der Waals surface area contributed by atoms with Crippen molar-refractivity contribution in [1.82, 2.24) is 0 Å². The van der Waals surface area contributed by atoms with Crippen molar-refractivity contribution in [3.05, 3.63) is 23.4 Å². The highest BCUT2D eigenvalue weighted by Crippen LogP contribution is 2.04. The highest BCUT2D eigenvalue weighted by Gasteiger charge is 1.95. The summed E-state index contributed by atoms with van der Waals surface area (Å²) in [6.07, 6.45) is 0.984. The van der Waals surface area contributed by atoms with Gasteiger partial charge < -0.3 is 10.2 Å². The van der Waals surface area contributed by atoms with Crippen LogP contribution in [-0.4, -0.2) is 11.1 Å². The van der Waals surface area contributed by atoms with E-state index in [-0.39, 0.29) is 5.03 Å². The van der Waals surface area contributed by atoms with Crippen LogP contribution in [0, 0.1) is 0 Å². The minimum absolute atomic E-state index is 0.373. The molecule has 50 valence electrons. The van der Waals surface area contributed by atoms with Crippen molar-refractivity contribution in [2.24, 2.45) is 0 Å². The SMILES string of the molecule is C=C/C(Cl)=C(\[O-])C(=O)O. The number of aliphatic carboxylic acids is 1. The van der Waals surface area contributed by atoms with Gasteiger partial charge in [0.25, 0.3) is 0 Å². The van der Waals surface area contributed by atoms with E-state index in [0.717, 1.165) is 6.08 Å². The van der Waals surface area contributed by atoms with Crippen LogP contribution in [0.15, 0.2) is 23.4 Å². The van der Waals surface area contributed by atoms with E-state index in [1.54, 1.807) is 0 Å². The van der Waals surface area contributed by atoms with Crippen LogP contribution in [0.1, 0.15) is 0 Å². The van der Waals surface area contributed by atoms with Gasteiger partial charge in [0.15, 0.2) is 0 Å². The molecule has 4 heteroatoms. The summed E-state index contributed by atoms with van der Waals surface area (Å²) in [6.45, 7) is 3.11. The number of hydrogen-bond acceptors (Lipinski definition) is 2. The average molecular weight is 148 g/mol. The van der Waals surface area contributed by atoms with Gasteiger partial charge in [-0.05, 0) is 5.76 Å². The molecule has 0 spiro atoms. The fraction of sp³-hybridized carbons (Fsp3) is 0. The summed E-state index contributed by atoms with van der Waals surface area (Å²) in [4.78, 5) is 9.80. The van der Waals surface area contributed by atoms with E-state index < -0.39 is 11.7 Å². The molecular formula is C5H4ClO3-. The molecule has 0 rings (SSSR count). The monoisotopic (exact) mass is 147 g/mol. The van der Waals surface area contributed by atoms with Gasteiger partial charge in [0.2, 0.25) is 0 Å². The minimum Gasteiger partial charge on any atom is -0.867 e. The third kappa shape index (κ3) is 2.19. The van der Waals surface area contributed by atoms with Gasteiger partial charge >= 0.3 is 5.97 Å². The van der Waals surface area contributed by atoms with E-state index in [9.17, 15) is 9.90 Å². The molecule has 0 saturated heterocycles. The van der Waals surface area contributed by atoms with Gasteiger partial charge in [-0.1, -0.05) is 24.3 Å². The average Bonchev–Trinajstić information content (AvgIpc) is 1.84. The van der Waals surface area contributed by atoms with E-state index in [1.807, 2.05) is 0 Å². The molecule has 0 aliphatic heterocycles. The second-order valence-corrected chi connectivity index (χ2v) is 1.59. The van der Waals surface area contributed by atoms with Crippen LogP contribution in [0.4, 0.5) is 0 Å². The molecule has 9 heavy (non-hydrogen) atoms. The Bertz CT molecular complexity index is 171. The normalized spacial score (nSPS) is 12.1. The maximum absolute atomic E-state index is 10.2. The number of carboxylic acid groups (broad SMARTS) is 1. The summed E-state index contributed by atoms with van der Waals surface area (Å²) in [7, 11) is 0. The van der Waals surface area contributed by atoms with Gasteiger partial charge in [-0.25, -0.2) is 4.79 Å². The van der Waals surface area contributed by atoms with Crippen molar-refractivity contribution in [3.63, 3.8) is 0 Å². The van der Waals surface area contributed by atoms with E-state index in [2.05, 4.69) is 6.58 Å². The minimum atomic E-state index is -1.57. The van der Waals surface area contributed by atoms with Gasteiger partial charge in [-0.2, -0.15) is 0 Å². The van der Waals surface area contributed by atoms with Crippen LogP contribution < -0.4 is 5.11 Å². The summed E-state index contributed by atoms with van der Waals surface area (Å²) in [6, 6.07) is 0. The first-order valence-corrected chi connectivity index (χ1v) is 2.40. The molecule has 0 bridgehead atoms. The number of halogens is 1. The first-order chi connectivity index (χ1) is 4.09. The lowest BCUT2D eigenvalue weighted by atomic mass is 10.4. The van der Waals surface area contributed by atoms with Crippen molar-refractivity contribution >= 4 is 17.6 Å². The molecule has 0 unspecified atom stereocenters. The Morgan fingerprint density at radius 1 is 1.78 bits per heavy atom. The van der Waals surface area contributed by atoms with Crippen molar-refractivity contribution in [2.45, 2.75) is 0 Å². The predicted molar refractivity (Wildman–Crippen MR) is 30.7 cm³/mol. The molecule has 0 aromatic rings. The second-order valence-electron chi connectivity index (χ2n) is 1.19. The van der Waals surface area contributed by atoms with Gasteiger partial charge in [-0.3, -0.25) is 0 Å². The number of allylic oxidation sites excluding steroid dienone is 2. The maximum atomic E-state index is 10.2. The molecule has 3 nitrogen and oxygen atoms in total. The molecule has 0 aliphatic rings. The molecule has 0 aromatic heterocycles. The molecule has 0 amide bonds. The maximum Gasteiger partial charge on any atom is 0.321 e. The molecule has 1 N–H and O–H groups in total. The Balaban J connectivity index is 4.47. The summed E-state index contributed by atoms with van der Waals surface area (Å²) in [5.74, 6) is -2.70. The van der Waals surface area contributed by atoms with E-state index >= 15 is 0 Å². The van der Waals surface area contributed by atoms with Crippen LogP contribution in [0.25, 0.3) is 0 Å². The lowest BCUT2D eigenvalue weighted by Crippen LogP contribution is -2.15. The lowest BCUT2D eigenvalue weighted by molar-refractivity contribution is -0.303. The third-order valence-corrected chi connectivity index (χ3v) is 0.916. The predicted octanol–water partition coefficient (Wildman–Crippen LogP) is 0.0677. The van der Waals surface area contributed by atoms with Crippen LogP contribution in [0.3, 0.4) is 0 Å². The van der Waals surface area contributed by atoms with Crippen LogP contribution >= 0.6 is 11.6 Å². The van der Waals surface area contributed by atoms with E-state index in [4.69, 9.17) is 16.7 Å². The van der Waals surface area contributed by atoms with Gasteiger partial charge in [-0.15, -0.1) is 0 Å². The largest absolute Gasteiger partial charge is 0.867 e. The summed E-state index contributed by atoms with van der Waals surface area (Å²) in [5, 5.41) is 17.8. The van der Waals surface area contributed by atoms with Gasteiger partial charge in [0, 0.05) is 5.03 Å². The topological polar surface area (TPSA) is 60.4 Å². The Labute approximate surface area is 56.9 Å². The molecular weight excluding hydrogens is 144 g/mol. The van der Waals surface area contributed by atoms with Crippen LogP contribution in [-0.2, 0) is 4.79 Å². The number of rotatable bonds is 2. The lowest BCUT2D eigenvalue weighted by Gasteiger charge is -2.04. The molecule has 0 aliphatic carbocycles. The zero-order valence-corrected chi connectivity index (χ0v) is 5.18. The standard InChI is InChI=1S/C5H5ClO3/c1-2-3(6)4(7)5(8)9/h2,7H,1H2,(H,8,9)/p-1/b4-3+. The van der Waals surface area contributed by atoms with E-state index in [1.165, 1.54) is 0 Å². The zero-order chi connectivity index (χ0) is 7.44. The van der Waals surface area contributed by atoms with Crippen molar-refractivity contribution in [1.29, 1.82) is 0 Å². The molecule has 0 radical (unpaired) electrons. The Kier molecular flexibility index (Phi) is 2.81.